The van der Waals surface area contributed by atoms with Gasteiger partial charge in [0.15, 0.2) is 0 Å². The van der Waals surface area contributed by atoms with Crippen molar-refractivity contribution in [3.8, 4) is 6.07 Å². The lowest BCUT2D eigenvalue weighted by Gasteiger charge is -2.31. The van der Waals surface area contributed by atoms with Crippen LogP contribution in [0.4, 0.5) is 5.69 Å². The van der Waals surface area contributed by atoms with Crippen molar-refractivity contribution in [3.05, 3.63) is 24.3 Å². The quantitative estimate of drug-likeness (QED) is 0.742. The van der Waals surface area contributed by atoms with E-state index in [0.717, 1.165) is 19.3 Å². The number of anilines is 1. The van der Waals surface area contributed by atoms with Gasteiger partial charge in [-0.1, -0.05) is 19.3 Å². The number of nitrogens with one attached hydrogen (secondary N) is 2. The Morgan fingerprint density at radius 3 is 2.33 bits per heavy atom. The summed E-state index contributed by atoms with van der Waals surface area (Å²) in [6, 6.07) is 8.43. The number of benzene rings is 1. The second-order valence-electron chi connectivity index (χ2n) is 7.30. The van der Waals surface area contributed by atoms with E-state index in [1.807, 2.05) is 13.8 Å². The Kier molecular flexibility index (Phi) is 6.84. The van der Waals surface area contributed by atoms with E-state index >= 15 is 0 Å². The van der Waals surface area contributed by atoms with Gasteiger partial charge in [0.2, 0.25) is 15.9 Å². The Morgan fingerprint density at radius 1 is 1.22 bits per heavy atom. The molecule has 27 heavy (non-hydrogen) atoms. The zero-order valence-corrected chi connectivity index (χ0v) is 17.0. The first-order valence-electron chi connectivity index (χ1n) is 9.24. The van der Waals surface area contributed by atoms with Gasteiger partial charge in [-0.05, 0) is 51.0 Å². The Bertz CT molecular complexity index is 791. The fraction of sp³-hybridized carbons (Fsp3) is 0.579. The molecule has 0 atom stereocenters. The minimum atomic E-state index is -3.53. The predicted octanol–water partition coefficient (Wildman–Crippen LogP) is 2.47. The molecule has 1 aromatic rings. The number of nitrogens with zero attached hydrogens (tertiary/aromatic N) is 2. The van der Waals surface area contributed by atoms with Crippen molar-refractivity contribution in [2.45, 2.75) is 62.4 Å². The minimum Gasteiger partial charge on any atom is -0.376 e. The van der Waals surface area contributed by atoms with E-state index in [0.29, 0.717) is 18.5 Å². The second-order valence-corrected chi connectivity index (χ2v) is 9.29. The molecule has 1 fully saturated rings. The lowest BCUT2D eigenvalue weighted by Crippen LogP contribution is -2.50. The first kappa shape index (κ1) is 21.2. The van der Waals surface area contributed by atoms with E-state index in [2.05, 4.69) is 16.7 Å². The van der Waals surface area contributed by atoms with E-state index in [9.17, 15) is 18.5 Å². The number of nitriles is 1. The lowest BCUT2D eigenvalue weighted by molar-refractivity contribution is -0.121. The van der Waals surface area contributed by atoms with Crippen LogP contribution in [-0.2, 0) is 14.8 Å². The van der Waals surface area contributed by atoms with Crippen molar-refractivity contribution in [3.63, 3.8) is 0 Å². The second kappa shape index (κ2) is 8.72. The highest BCUT2D eigenvalue weighted by Crippen LogP contribution is 2.27. The molecule has 8 heteroatoms. The summed E-state index contributed by atoms with van der Waals surface area (Å²) in [5.74, 6) is -0.241. The zero-order chi connectivity index (χ0) is 20.1. The summed E-state index contributed by atoms with van der Waals surface area (Å²) in [5.41, 5.74) is -0.109. The molecule has 1 aromatic carbocycles. The first-order valence-corrected chi connectivity index (χ1v) is 10.7. The number of amides is 1. The maximum absolute atomic E-state index is 12.5. The average Bonchev–Trinajstić information content (AvgIpc) is 2.66. The van der Waals surface area contributed by atoms with Gasteiger partial charge in [-0.2, -0.15) is 9.57 Å². The summed E-state index contributed by atoms with van der Waals surface area (Å²) >= 11 is 0. The van der Waals surface area contributed by atoms with E-state index in [4.69, 9.17) is 0 Å². The van der Waals surface area contributed by atoms with E-state index < -0.39 is 15.6 Å². The minimum absolute atomic E-state index is 0.0292. The molecule has 0 radical (unpaired) electrons. The molecule has 0 saturated heterocycles. The Balaban J connectivity index is 1.95. The summed E-state index contributed by atoms with van der Waals surface area (Å²) in [7, 11) is -1.98. The highest BCUT2D eigenvalue weighted by molar-refractivity contribution is 7.89. The van der Waals surface area contributed by atoms with Crippen LogP contribution in [0, 0.1) is 11.3 Å². The molecule has 0 aliphatic heterocycles. The van der Waals surface area contributed by atoms with Gasteiger partial charge < -0.3 is 10.6 Å². The molecule has 0 spiro atoms. The van der Waals surface area contributed by atoms with E-state index in [1.54, 1.807) is 19.2 Å². The summed E-state index contributed by atoms with van der Waals surface area (Å²) in [5, 5.41) is 15.2. The standard InChI is InChI=1S/C19H28N4O3S/c1-15(2)23(3)27(25,26)17-9-7-16(8-10-17)21-13-18(24)22-19(14-20)11-5-4-6-12-19/h7-10,15,21H,4-6,11-13H2,1-3H3,(H,22,24). The molecule has 2 N–H and O–H groups in total. The molecule has 1 amide bonds. The third-order valence-corrected chi connectivity index (χ3v) is 7.06. The molecular formula is C19H28N4O3S. The monoisotopic (exact) mass is 392 g/mol. The molecule has 1 aliphatic carbocycles. The van der Waals surface area contributed by atoms with Crippen LogP contribution in [0.15, 0.2) is 29.2 Å². The van der Waals surface area contributed by atoms with Crippen molar-refractivity contribution in [2.24, 2.45) is 0 Å². The molecule has 0 aromatic heterocycles. The fourth-order valence-corrected chi connectivity index (χ4v) is 4.47. The highest BCUT2D eigenvalue weighted by atomic mass is 32.2. The lowest BCUT2D eigenvalue weighted by atomic mass is 9.83. The van der Waals surface area contributed by atoms with Crippen molar-refractivity contribution >= 4 is 21.6 Å². The van der Waals surface area contributed by atoms with Gasteiger partial charge in [0.1, 0.15) is 5.54 Å². The van der Waals surface area contributed by atoms with Gasteiger partial charge in [-0.25, -0.2) is 8.42 Å². The van der Waals surface area contributed by atoms with Gasteiger partial charge in [-0.3, -0.25) is 4.79 Å². The molecule has 148 valence electrons. The van der Waals surface area contributed by atoms with Crippen LogP contribution in [0.5, 0.6) is 0 Å². The van der Waals surface area contributed by atoms with Crippen molar-refractivity contribution in [1.82, 2.24) is 9.62 Å². The van der Waals surface area contributed by atoms with E-state index in [1.165, 1.54) is 16.4 Å². The number of carbonyl (C=O) groups excluding carboxylic acids is 1. The van der Waals surface area contributed by atoms with Crippen LogP contribution >= 0.6 is 0 Å². The van der Waals surface area contributed by atoms with Crippen molar-refractivity contribution < 1.29 is 13.2 Å². The third kappa shape index (κ3) is 5.21. The zero-order valence-electron chi connectivity index (χ0n) is 16.2. The molecule has 0 unspecified atom stereocenters. The van der Waals surface area contributed by atoms with Crippen LogP contribution < -0.4 is 10.6 Å². The number of carbonyl (C=O) groups is 1. The largest absolute Gasteiger partial charge is 0.376 e. The normalized spacial score (nSPS) is 16.7. The van der Waals surface area contributed by atoms with Gasteiger partial charge in [0.25, 0.3) is 0 Å². The van der Waals surface area contributed by atoms with Gasteiger partial charge in [0, 0.05) is 18.8 Å². The fourth-order valence-electron chi connectivity index (χ4n) is 3.10. The number of hydrogen-bond acceptors (Lipinski definition) is 5. The molecule has 1 aliphatic rings. The molecule has 2 rings (SSSR count). The SMILES string of the molecule is CC(C)N(C)S(=O)(=O)c1ccc(NCC(=O)NC2(C#N)CCCCC2)cc1. The average molecular weight is 393 g/mol. The molecule has 0 heterocycles. The Hall–Kier alpha value is -2.11. The Labute approximate surface area is 161 Å². The van der Waals surface area contributed by atoms with Crippen LogP contribution in [0.25, 0.3) is 0 Å². The molecule has 0 bridgehead atoms. The predicted molar refractivity (Wildman–Crippen MR) is 105 cm³/mol. The summed E-state index contributed by atoms with van der Waals surface area (Å²) in [6.07, 6.45) is 4.36. The van der Waals surface area contributed by atoms with Gasteiger partial charge in [0.05, 0.1) is 17.5 Å². The molecule has 1 saturated carbocycles. The number of hydrogen-bond donors (Lipinski definition) is 2. The smallest absolute Gasteiger partial charge is 0.243 e. The topological polar surface area (TPSA) is 102 Å². The number of rotatable bonds is 7. The van der Waals surface area contributed by atoms with Crippen LogP contribution in [0.1, 0.15) is 46.0 Å². The maximum Gasteiger partial charge on any atom is 0.243 e. The first-order chi connectivity index (χ1) is 12.7. The van der Waals surface area contributed by atoms with Crippen molar-refractivity contribution in [2.75, 3.05) is 18.9 Å². The van der Waals surface area contributed by atoms with Gasteiger partial charge in [-0.15, -0.1) is 0 Å². The van der Waals surface area contributed by atoms with Crippen LogP contribution in [-0.4, -0.2) is 43.8 Å². The Morgan fingerprint density at radius 2 is 1.81 bits per heavy atom. The van der Waals surface area contributed by atoms with Gasteiger partial charge >= 0.3 is 0 Å². The van der Waals surface area contributed by atoms with E-state index in [-0.39, 0.29) is 23.4 Å². The highest BCUT2D eigenvalue weighted by Gasteiger charge is 2.33. The summed E-state index contributed by atoms with van der Waals surface area (Å²) < 4.78 is 26.2. The molecule has 7 nitrogen and oxygen atoms in total. The van der Waals surface area contributed by atoms with Crippen molar-refractivity contribution in [1.29, 1.82) is 5.26 Å². The van der Waals surface area contributed by atoms with Crippen LogP contribution in [0.2, 0.25) is 0 Å². The third-order valence-electron chi connectivity index (χ3n) is 5.01. The summed E-state index contributed by atoms with van der Waals surface area (Å²) in [6.45, 7) is 3.65. The summed E-state index contributed by atoms with van der Waals surface area (Å²) in [4.78, 5) is 12.4. The maximum atomic E-state index is 12.5. The molecular weight excluding hydrogens is 364 g/mol. The number of sulfonamides is 1. The van der Waals surface area contributed by atoms with Crippen LogP contribution in [0.3, 0.4) is 0 Å².